The number of carbonyl (C=O) groups is 2. The Morgan fingerprint density at radius 3 is 2.42 bits per heavy atom. The smallest absolute Gasteiger partial charge is 0.306 e. The van der Waals surface area contributed by atoms with Gasteiger partial charge >= 0.3 is 5.97 Å². The Balaban J connectivity index is 1.95. The van der Waals surface area contributed by atoms with Crippen LogP contribution in [0.1, 0.15) is 45.4 Å². The maximum Gasteiger partial charge on any atom is 0.306 e. The Morgan fingerprint density at radius 1 is 1.26 bits per heavy atom. The standard InChI is InChI=1S/C14H24N2O3/c1-10-3-2-6-14(15,9-10)13(19)16-7-4-11(5-8-16)12(17)18/h10-11H,2-9,15H2,1H3,(H,17,18). The van der Waals surface area contributed by atoms with Crippen LogP contribution in [0.5, 0.6) is 0 Å². The fourth-order valence-corrected chi connectivity index (χ4v) is 3.43. The number of nitrogens with two attached hydrogens (primary N) is 1. The lowest BCUT2D eigenvalue weighted by molar-refractivity contribution is -0.147. The van der Waals surface area contributed by atoms with Gasteiger partial charge in [-0.25, -0.2) is 0 Å². The van der Waals surface area contributed by atoms with Gasteiger partial charge in [0.1, 0.15) is 0 Å². The Morgan fingerprint density at radius 2 is 1.89 bits per heavy atom. The van der Waals surface area contributed by atoms with E-state index in [1.54, 1.807) is 4.90 Å². The highest BCUT2D eigenvalue weighted by molar-refractivity contribution is 5.86. The van der Waals surface area contributed by atoms with E-state index in [1.165, 1.54) is 0 Å². The summed E-state index contributed by atoms with van der Waals surface area (Å²) in [6, 6.07) is 0. The van der Waals surface area contributed by atoms with Gasteiger partial charge in [-0.2, -0.15) is 0 Å². The minimum Gasteiger partial charge on any atom is -0.481 e. The molecular weight excluding hydrogens is 244 g/mol. The molecule has 0 spiro atoms. The van der Waals surface area contributed by atoms with Crippen LogP contribution in [-0.4, -0.2) is 40.5 Å². The molecule has 0 aromatic heterocycles. The van der Waals surface area contributed by atoms with Crippen LogP contribution in [0.4, 0.5) is 0 Å². The van der Waals surface area contributed by atoms with E-state index in [2.05, 4.69) is 6.92 Å². The zero-order chi connectivity index (χ0) is 14.0. The summed E-state index contributed by atoms with van der Waals surface area (Å²) in [5, 5.41) is 8.97. The first-order valence-corrected chi connectivity index (χ1v) is 7.23. The Hall–Kier alpha value is -1.10. The Bertz CT molecular complexity index is 364. The SMILES string of the molecule is CC1CCCC(N)(C(=O)N2CCC(C(=O)O)CC2)C1. The average Bonchev–Trinajstić information content (AvgIpc) is 2.37. The number of carboxylic acid groups (broad SMARTS) is 1. The molecule has 0 aromatic carbocycles. The molecule has 0 aromatic rings. The van der Waals surface area contributed by atoms with Crippen LogP contribution in [0.15, 0.2) is 0 Å². The summed E-state index contributed by atoms with van der Waals surface area (Å²) in [5.41, 5.74) is 5.60. The van der Waals surface area contributed by atoms with Gasteiger partial charge in [-0.15, -0.1) is 0 Å². The lowest BCUT2D eigenvalue weighted by Gasteiger charge is -2.41. The van der Waals surface area contributed by atoms with Crippen molar-refractivity contribution in [2.75, 3.05) is 13.1 Å². The normalized spacial score (nSPS) is 33.2. The molecule has 1 heterocycles. The number of likely N-dealkylation sites (tertiary alicyclic amines) is 1. The Kier molecular flexibility index (Phi) is 4.13. The van der Waals surface area contributed by atoms with Gasteiger partial charge in [0.25, 0.3) is 0 Å². The molecule has 2 rings (SSSR count). The second-order valence-corrected chi connectivity index (χ2v) is 6.26. The molecule has 3 N–H and O–H groups in total. The molecule has 2 atom stereocenters. The first kappa shape index (κ1) is 14.3. The van der Waals surface area contributed by atoms with Gasteiger partial charge in [0.15, 0.2) is 0 Å². The van der Waals surface area contributed by atoms with Crippen LogP contribution >= 0.6 is 0 Å². The maximum absolute atomic E-state index is 12.6. The molecule has 1 amide bonds. The lowest BCUT2D eigenvalue weighted by atomic mass is 9.76. The fraction of sp³-hybridized carbons (Fsp3) is 0.857. The number of aliphatic carboxylic acids is 1. The number of rotatable bonds is 2. The third kappa shape index (κ3) is 3.08. The first-order valence-electron chi connectivity index (χ1n) is 7.23. The van der Waals surface area contributed by atoms with Crippen molar-refractivity contribution < 1.29 is 14.7 Å². The number of nitrogens with zero attached hydrogens (tertiary/aromatic N) is 1. The van der Waals surface area contributed by atoms with Crippen molar-refractivity contribution in [3.05, 3.63) is 0 Å². The molecule has 1 aliphatic heterocycles. The van der Waals surface area contributed by atoms with Crippen molar-refractivity contribution in [1.82, 2.24) is 4.90 Å². The van der Waals surface area contributed by atoms with Crippen LogP contribution in [0.25, 0.3) is 0 Å². The molecule has 2 aliphatic rings. The highest BCUT2D eigenvalue weighted by Crippen LogP contribution is 2.32. The number of carbonyl (C=O) groups excluding carboxylic acids is 1. The molecule has 0 radical (unpaired) electrons. The van der Waals surface area contributed by atoms with E-state index in [-0.39, 0.29) is 11.8 Å². The molecule has 1 saturated carbocycles. The summed E-state index contributed by atoms with van der Waals surface area (Å²) in [6.07, 6.45) is 4.77. The molecule has 1 saturated heterocycles. The molecule has 0 bridgehead atoms. The maximum atomic E-state index is 12.6. The summed E-state index contributed by atoms with van der Waals surface area (Å²) in [5.74, 6) is -0.522. The predicted octanol–water partition coefficient (Wildman–Crippen LogP) is 1.22. The van der Waals surface area contributed by atoms with Crippen molar-refractivity contribution in [3.8, 4) is 0 Å². The van der Waals surface area contributed by atoms with Crippen molar-refractivity contribution in [2.24, 2.45) is 17.6 Å². The molecule has 2 unspecified atom stereocenters. The molecule has 19 heavy (non-hydrogen) atoms. The van der Waals surface area contributed by atoms with E-state index >= 15 is 0 Å². The van der Waals surface area contributed by atoms with Gasteiger partial charge in [-0.05, 0) is 31.6 Å². The highest BCUT2D eigenvalue weighted by atomic mass is 16.4. The molecule has 108 valence electrons. The monoisotopic (exact) mass is 268 g/mol. The quantitative estimate of drug-likeness (QED) is 0.788. The van der Waals surface area contributed by atoms with Crippen molar-refractivity contribution >= 4 is 11.9 Å². The van der Waals surface area contributed by atoms with E-state index in [0.29, 0.717) is 31.8 Å². The van der Waals surface area contributed by atoms with E-state index in [4.69, 9.17) is 10.8 Å². The number of piperidine rings is 1. The van der Waals surface area contributed by atoms with Gasteiger partial charge in [0, 0.05) is 13.1 Å². The van der Waals surface area contributed by atoms with Crippen LogP contribution in [0, 0.1) is 11.8 Å². The minimum atomic E-state index is -0.749. The molecule has 2 fully saturated rings. The van der Waals surface area contributed by atoms with E-state index in [1.807, 2.05) is 0 Å². The summed E-state index contributed by atoms with van der Waals surface area (Å²) in [4.78, 5) is 25.2. The van der Waals surface area contributed by atoms with Crippen LogP contribution in [0.2, 0.25) is 0 Å². The number of hydrogen-bond acceptors (Lipinski definition) is 3. The summed E-state index contributed by atoms with van der Waals surface area (Å²) in [7, 11) is 0. The van der Waals surface area contributed by atoms with Gasteiger partial charge in [-0.3, -0.25) is 9.59 Å². The minimum absolute atomic E-state index is 0.0305. The van der Waals surface area contributed by atoms with Crippen molar-refractivity contribution in [2.45, 2.75) is 51.0 Å². The summed E-state index contributed by atoms with van der Waals surface area (Å²) >= 11 is 0. The topological polar surface area (TPSA) is 83.6 Å². The van der Waals surface area contributed by atoms with E-state index in [0.717, 1.165) is 25.7 Å². The summed E-state index contributed by atoms with van der Waals surface area (Å²) < 4.78 is 0. The molecular formula is C14H24N2O3. The van der Waals surface area contributed by atoms with E-state index in [9.17, 15) is 9.59 Å². The highest BCUT2D eigenvalue weighted by Gasteiger charge is 2.41. The van der Waals surface area contributed by atoms with Crippen LogP contribution in [0.3, 0.4) is 0 Å². The van der Waals surface area contributed by atoms with Crippen LogP contribution < -0.4 is 5.73 Å². The molecule has 1 aliphatic carbocycles. The summed E-state index contributed by atoms with van der Waals surface area (Å²) in [6.45, 7) is 3.21. The second-order valence-electron chi connectivity index (χ2n) is 6.26. The number of carboxylic acids is 1. The zero-order valence-electron chi connectivity index (χ0n) is 11.6. The van der Waals surface area contributed by atoms with Crippen molar-refractivity contribution in [3.63, 3.8) is 0 Å². The van der Waals surface area contributed by atoms with Gasteiger partial charge in [0.2, 0.25) is 5.91 Å². The average molecular weight is 268 g/mol. The molecule has 5 heteroatoms. The Labute approximate surface area is 114 Å². The third-order valence-electron chi connectivity index (χ3n) is 4.59. The lowest BCUT2D eigenvalue weighted by Crippen LogP contribution is -2.58. The third-order valence-corrected chi connectivity index (χ3v) is 4.59. The fourth-order valence-electron chi connectivity index (χ4n) is 3.43. The van der Waals surface area contributed by atoms with Gasteiger partial charge in [-0.1, -0.05) is 19.8 Å². The molecule has 5 nitrogen and oxygen atoms in total. The van der Waals surface area contributed by atoms with E-state index < -0.39 is 11.5 Å². The zero-order valence-corrected chi connectivity index (χ0v) is 11.6. The number of amides is 1. The number of hydrogen-bond donors (Lipinski definition) is 2. The van der Waals surface area contributed by atoms with Crippen molar-refractivity contribution in [1.29, 1.82) is 0 Å². The predicted molar refractivity (Wildman–Crippen MR) is 71.5 cm³/mol. The second kappa shape index (κ2) is 5.49. The first-order chi connectivity index (χ1) is 8.92. The van der Waals surface area contributed by atoms with Gasteiger partial charge < -0.3 is 15.7 Å². The van der Waals surface area contributed by atoms with Crippen LogP contribution in [-0.2, 0) is 9.59 Å². The largest absolute Gasteiger partial charge is 0.481 e. The van der Waals surface area contributed by atoms with Gasteiger partial charge in [0.05, 0.1) is 11.5 Å².